The highest BCUT2D eigenvalue weighted by atomic mass is 16.7. The zero-order chi connectivity index (χ0) is 15.5. The molecule has 0 radical (unpaired) electrons. The van der Waals surface area contributed by atoms with Gasteiger partial charge in [-0.25, -0.2) is 0 Å². The Balaban J connectivity index is 1.69. The largest absolute Gasteiger partial charge is 0.432 e. The van der Waals surface area contributed by atoms with E-state index >= 15 is 0 Å². The number of fused-ring (bicyclic) bond motifs is 3. The number of hydrogen-bond acceptors (Lipinski definition) is 4. The lowest BCUT2D eigenvalue weighted by atomic mass is 9.76. The van der Waals surface area contributed by atoms with Crippen LogP contribution in [0.1, 0.15) is 52.4 Å². The summed E-state index contributed by atoms with van der Waals surface area (Å²) in [5.74, 6) is -0.125. The fraction of sp³-hybridized carbons (Fsp3) is 0.882. The van der Waals surface area contributed by atoms with Gasteiger partial charge in [0.15, 0.2) is 0 Å². The highest BCUT2D eigenvalue weighted by Gasteiger charge is 2.63. The van der Waals surface area contributed by atoms with Gasteiger partial charge in [-0.15, -0.1) is 0 Å². The Labute approximate surface area is 131 Å². The molecule has 4 aliphatic heterocycles. The van der Waals surface area contributed by atoms with Crippen molar-refractivity contribution in [1.82, 2.24) is 4.90 Å². The van der Waals surface area contributed by atoms with Gasteiger partial charge in [0, 0.05) is 37.3 Å². The quantitative estimate of drug-likeness (QED) is 0.696. The van der Waals surface area contributed by atoms with Crippen molar-refractivity contribution >= 4 is 11.9 Å². The van der Waals surface area contributed by atoms with Gasteiger partial charge in [0.2, 0.25) is 11.7 Å². The van der Waals surface area contributed by atoms with Crippen LogP contribution in [0.2, 0.25) is 0 Å². The molecule has 0 N–H and O–H groups in total. The fourth-order valence-electron chi connectivity index (χ4n) is 5.36. The van der Waals surface area contributed by atoms with Gasteiger partial charge in [0.05, 0.1) is 12.0 Å². The molecule has 122 valence electrons. The van der Waals surface area contributed by atoms with Crippen molar-refractivity contribution in [3.05, 3.63) is 0 Å². The standard InChI is InChI=1S/C17H25NO4/c1-3-11-15-12-6-7-14(19)18(12)8-4-5-13(15)21-17(11)9-10(2)16(20)22-17/h10-13,15H,3-9H2,1-2H3/t10-,11+,12+,13-,15-,17?/m1/s1. The molecule has 22 heavy (non-hydrogen) atoms. The van der Waals surface area contributed by atoms with Crippen LogP contribution in [-0.2, 0) is 19.1 Å². The smallest absolute Gasteiger partial charge is 0.311 e. The van der Waals surface area contributed by atoms with Gasteiger partial charge >= 0.3 is 5.97 Å². The van der Waals surface area contributed by atoms with Gasteiger partial charge in [-0.2, -0.15) is 0 Å². The van der Waals surface area contributed by atoms with Crippen LogP contribution in [0.15, 0.2) is 0 Å². The van der Waals surface area contributed by atoms with E-state index in [0.717, 1.165) is 32.2 Å². The van der Waals surface area contributed by atoms with E-state index in [1.54, 1.807) is 0 Å². The lowest BCUT2D eigenvalue weighted by Crippen LogP contribution is -2.44. The molecule has 4 saturated heterocycles. The first-order valence-corrected chi connectivity index (χ1v) is 8.76. The Morgan fingerprint density at radius 3 is 2.82 bits per heavy atom. The number of carbonyl (C=O) groups excluding carboxylic acids is 2. The predicted octanol–water partition coefficient (Wildman–Crippen LogP) is 2.09. The first kappa shape index (κ1) is 14.5. The van der Waals surface area contributed by atoms with E-state index in [1.165, 1.54) is 0 Å². The SMILES string of the molecule is CC[C@H]1[C@H]2[C@@H](CCCN3C(=O)CC[C@@H]23)OC12C[C@@H](C)C(=O)O2. The molecule has 0 aliphatic carbocycles. The molecule has 0 aromatic carbocycles. The van der Waals surface area contributed by atoms with Crippen LogP contribution in [0.5, 0.6) is 0 Å². The van der Waals surface area contributed by atoms with Gasteiger partial charge < -0.3 is 14.4 Å². The molecular formula is C17H25NO4. The van der Waals surface area contributed by atoms with Crippen molar-refractivity contribution in [2.75, 3.05) is 6.54 Å². The van der Waals surface area contributed by atoms with Crippen LogP contribution in [-0.4, -0.2) is 41.3 Å². The van der Waals surface area contributed by atoms with Crippen molar-refractivity contribution in [1.29, 1.82) is 0 Å². The Hall–Kier alpha value is -1.10. The number of amides is 1. The Bertz CT molecular complexity index is 507. The molecule has 4 fully saturated rings. The average molecular weight is 307 g/mol. The molecule has 4 rings (SSSR count). The summed E-state index contributed by atoms with van der Waals surface area (Å²) in [7, 11) is 0. The summed E-state index contributed by atoms with van der Waals surface area (Å²) in [5.41, 5.74) is 0. The first-order valence-electron chi connectivity index (χ1n) is 8.76. The predicted molar refractivity (Wildman–Crippen MR) is 78.7 cm³/mol. The maximum Gasteiger partial charge on any atom is 0.311 e. The second-order valence-corrected chi connectivity index (χ2v) is 7.42. The monoisotopic (exact) mass is 307 g/mol. The van der Waals surface area contributed by atoms with Crippen LogP contribution < -0.4 is 0 Å². The summed E-state index contributed by atoms with van der Waals surface area (Å²) < 4.78 is 12.2. The number of nitrogens with zero attached hydrogens (tertiary/aromatic N) is 1. The Morgan fingerprint density at radius 2 is 2.14 bits per heavy atom. The zero-order valence-corrected chi connectivity index (χ0v) is 13.4. The number of rotatable bonds is 1. The van der Waals surface area contributed by atoms with Crippen LogP contribution in [0, 0.1) is 17.8 Å². The molecule has 4 heterocycles. The van der Waals surface area contributed by atoms with E-state index in [0.29, 0.717) is 24.7 Å². The summed E-state index contributed by atoms with van der Waals surface area (Å²) in [6.07, 6.45) is 5.27. The molecular weight excluding hydrogens is 282 g/mol. The van der Waals surface area contributed by atoms with Gasteiger partial charge in [-0.1, -0.05) is 13.8 Å². The van der Waals surface area contributed by atoms with Crippen LogP contribution in [0.25, 0.3) is 0 Å². The van der Waals surface area contributed by atoms with Gasteiger partial charge in [-0.3, -0.25) is 9.59 Å². The molecule has 0 aromatic rings. The normalized spacial score (nSPS) is 47.5. The van der Waals surface area contributed by atoms with E-state index in [4.69, 9.17) is 9.47 Å². The summed E-state index contributed by atoms with van der Waals surface area (Å²) in [6.45, 7) is 4.94. The minimum Gasteiger partial charge on any atom is -0.432 e. The van der Waals surface area contributed by atoms with E-state index in [1.807, 2.05) is 6.92 Å². The molecule has 5 nitrogen and oxygen atoms in total. The summed E-state index contributed by atoms with van der Waals surface area (Å²) in [6, 6.07) is 0.277. The Morgan fingerprint density at radius 1 is 1.32 bits per heavy atom. The third-order valence-corrected chi connectivity index (χ3v) is 6.22. The molecule has 1 amide bonds. The van der Waals surface area contributed by atoms with Crippen molar-refractivity contribution < 1.29 is 19.1 Å². The van der Waals surface area contributed by atoms with E-state index in [9.17, 15) is 9.59 Å². The fourth-order valence-corrected chi connectivity index (χ4v) is 5.36. The summed E-state index contributed by atoms with van der Waals surface area (Å²) in [4.78, 5) is 26.2. The lowest BCUT2D eigenvalue weighted by Gasteiger charge is -2.34. The van der Waals surface area contributed by atoms with Crippen molar-refractivity contribution in [3.8, 4) is 0 Å². The first-order chi connectivity index (χ1) is 10.6. The average Bonchev–Trinajstić information content (AvgIpc) is 3.02. The summed E-state index contributed by atoms with van der Waals surface area (Å²) >= 11 is 0. The third kappa shape index (κ3) is 1.87. The van der Waals surface area contributed by atoms with Crippen molar-refractivity contribution in [2.24, 2.45) is 17.8 Å². The topological polar surface area (TPSA) is 55.8 Å². The van der Waals surface area contributed by atoms with Gasteiger partial charge in [0.1, 0.15) is 0 Å². The molecule has 1 spiro atoms. The number of esters is 1. The van der Waals surface area contributed by atoms with Crippen LogP contribution >= 0.6 is 0 Å². The second kappa shape index (κ2) is 4.95. The number of ether oxygens (including phenoxy) is 2. The lowest BCUT2D eigenvalue weighted by molar-refractivity contribution is -0.219. The molecule has 1 unspecified atom stereocenters. The highest BCUT2D eigenvalue weighted by molar-refractivity contribution is 5.79. The molecule has 6 atom stereocenters. The summed E-state index contributed by atoms with van der Waals surface area (Å²) in [5, 5.41) is 0. The second-order valence-electron chi connectivity index (χ2n) is 7.42. The van der Waals surface area contributed by atoms with Crippen LogP contribution in [0.4, 0.5) is 0 Å². The molecule has 0 bridgehead atoms. The van der Waals surface area contributed by atoms with E-state index in [2.05, 4.69) is 11.8 Å². The minimum absolute atomic E-state index is 0.0855. The van der Waals surface area contributed by atoms with Gasteiger partial charge in [-0.05, 0) is 25.7 Å². The minimum atomic E-state index is -0.727. The van der Waals surface area contributed by atoms with Crippen molar-refractivity contribution in [3.63, 3.8) is 0 Å². The molecule has 4 aliphatic rings. The van der Waals surface area contributed by atoms with E-state index in [-0.39, 0.29) is 30.0 Å². The highest BCUT2D eigenvalue weighted by Crippen LogP contribution is 2.54. The third-order valence-electron chi connectivity index (χ3n) is 6.22. The molecule has 5 heteroatoms. The number of hydrogen-bond donors (Lipinski definition) is 0. The zero-order valence-electron chi connectivity index (χ0n) is 13.4. The number of carbonyl (C=O) groups is 2. The maximum absolute atomic E-state index is 12.2. The molecule has 0 saturated carbocycles. The molecule has 0 aromatic heterocycles. The van der Waals surface area contributed by atoms with E-state index < -0.39 is 5.79 Å². The van der Waals surface area contributed by atoms with Crippen LogP contribution in [0.3, 0.4) is 0 Å². The Kier molecular flexibility index (Phi) is 3.26. The van der Waals surface area contributed by atoms with Gasteiger partial charge in [0.25, 0.3) is 0 Å². The maximum atomic E-state index is 12.2. The van der Waals surface area contributed by atoms with Crippen molar-refractivity contribution in [2.45, 2.75) is 70.3 Å².